The summed E-state index contributed by atoms with van der Waals surface area (Å²) in [7, 11) is 0. The molecule has 3 heterocycles. The van der Waals surface area contributed by atoms with Crippen LogP contribution in [0.25, 0.3) is 27.8 Å². The normalized spacial score (nSPS) is 12.5. The van der Waals surface area contributed by atoms with Gasteiger partial charge in [0.15, 0.2) is 11.5 Å². The lowest BCUT2D eigenvalue weighted by atomic mass is 9.98. The summed E-state index contributed by atoms with van der Waals surface area (Å²) in [5, 5.41) is 14.6. The fourth-order valence-electron chi connectivity index (χ4n) is 3.35. The van der Waals surface area contributed by atoms with E-state index < -0.39 is 0 Å². The van der Waals surface area contributed by atoms with E-state index in [4.69, 9.17) is 5.10 Å². The number of benzene rings is 2. The Hall–Kier alpha value is -3.60. The second-order valence-electron chi connectivity index (χ2n) is 6.59. The van der Waals surface area contributed by atoms with Gasteiger partial charge < -0.3 is 0 Å². The van der Waals surface area contributed by atoms with Crippen molar-refractivity contribution in [3.05, 3.63) is 90.4 Å². The molecule has 0 aliphatic rings. The molecule has 2 aromatic carbocycles. The van der Waals surface area contributed by atoms with Crippen LogP contribution in [0.15, 0.2) is 79.0 Å². The van der Waals surface area contributed by atoms with Crippen LogP contribution in [0, 0.1) is 0 Å². The first kappa shape index (κ1) is 15.6. The van der Waals surface area contributed by atoms with Gasteiger partial charge in [0, 0.05) is 23.1 Å². The quantitative estimate of drug-likeness (QED) is 0.480. The topological polar surface area (TPSA) is 56.0 Å². The van der Waals surface area contributed by atoms with Crippen LogP contribution in [0.5, 0.6) is 0 Å². The third-order valence-corrected chi connectivity index (χ3v) is 4.87. The maximum atomic E-state index is 4.79. The molecule has 0 spiro atoms. The van der Waals surface area contributed by atoms with Crippen LogP contribution in [-0.2, 0) is 0 Å². The van der Waals surface area contributed by atoms with E-state index in [2.05, 4.69) is 52.4 Å². The highest BCUT2D eigenvalue weighted by Gasteiger charge is 2.17. The van der Waals surface area contributed by atoms with Crippen molar-refractivity contribution in [1.82, 2.24) is 24.8 Å². The molecular weight excluding hydrogens is 334 g/mol. The summed E-state index contributed by atoms with van der Waals surface area (Å²) in [4.78, 5) is 4.39. The Morgan fingerprint density at radius 3 is 2.63 bits per heavy atom. The van der Waals surface area contributed by atoms with Gasteiger partial charge in [0.05, 0.1) is 11.2 Å². The first-order valence-corrected chi connectivity index (χ1v) is 8.92. The zero-order valence-electron chi connectivity index (χ0n) is 14.8. The van der Waals surface area contributed by atoms with Gasteiger partial charge >= 0.3 is 0 Å². The van der Waals surface area contributed by atoms with Crippen molar-refractivity contribution in [3.63, 3.8) is 0 Å². The second kappa shape index (κ2) is 6.29. The Bertz CT molecular complexity index is 1240. The molecule has 1 atom stereocenters. The summed E-state index contributed by atoms with van der Waals surface area (Å²) >= 11 is 0. The van der Waals surface area contributed by atoms with E-state index in [-0.39, 0.29) is 5.92 Å². The van der Waals surface area contributed by atoms with E-state index in [0.717, 1.165) is 39.2 Å². The Kier molecular flexibility index (Phi) is 3.64. The molecule has 0 aliphatic heterocycles. The highest BCUT2D eigenvalue weighted by Crippen LogP contribution is 2.26. The minimum Gasteiger partial charge on any atom is -0.256 e. The van der Waals surface area contributed by atoms with Gasteiger partial charge in [-0.15, -0.1) is 10.2 Å². The lowest BCUT2D eigenvalue weighted by molar-refractivity contribution is 0.753. The van der Waals surface area contributed by atoms with Crippen molar-refractivity contribution in [2.45, 2.75) is 12.8 Å². The number of aromatic nitrogens is 5. The minimum absolute atomic E-state index is 0.0585. The predicted octanol–water partition coefficient (Wildman–Crippen LogP) is 4.49. The summed E-state index contributed by atoms with van der Waals surface area (Å²) in [6.45, 7) is 2.13. The molecule has 5 aromatic rings. The van der Waals surface area contributed by atoms with Crippen LogP contribution in [0.3, 0.4) is 0 Å². The number of rotatable bonds is 3. The molecule has 0 unspecified atom stereocenters. The van der Waals surface area contributed by atoms with Crippen molar-refractivity contribution in [1.29, 1.82) is 0 Å². The van der Waals surface area contributed by atoms with Gasteiger partial charge in [-0.1, -0.05) is 49.4 Å². The lowest BCUT2D eigenvalue weighted by Crippen LogP contribution is -2.05. The van der Waals surface area contributed by atoms with Crippen LogP contribution >= 0.6 is 0 Å². The van der Waals surface area contributed by atoms with Crippen LogP contribution in [0.4, 0.5) is 0 Å². The smallest absolute Gasteiger partial charge is 0.177 e. The molecule has 5 rings (SSSR count). The molecule has 5 heteroatoms. The Balaban J connectivity index is 1.60. The molecule has 0 aliphatic carbocycles. The minimum atomic E-state index is 0.0585. The summed E-state index contributed by atoms with van der Waals surface area (Å²) in [5.74, 6) is 0.883. The van der Waals surface area contributed by atoms with Gasteiger partial charge in [0.1, 0.15) is 0 Å². The summed E-state index contributed by atoms with van der Waals surface area (Å²) < 4.78 is 1.85. The first-order valence-electron chi connectivity index (χ1n) is 8.92. The first-order chi connectivity index (χ1) is 13.3. The molecule has 0 saturated carbocycles. The highest BCUT2D eigenvalue weighted by atomic mass is 15.4. The summed E-state index contributed by atoms with van der Waals surface area (Å²) in [6, 6.07) is 24.4. The fraction of sp³-hybridized carbons (Fsp3) is 0.0909. The van der Waals surface area contributed by atoms with Crippen LogP contribution in [-0.4, -0.2) is 24.8 Å². The molecule has 0 N–H and O–H groups in total. The van der Waals surface area contributed by atoms with E-state index in [9.17, 15) is 0 Å². The average molecular weight is 351 g/mol. The molecule has 0 radical (unpaired) electrons. The van der Waals surface area contributed by atoms with Gasteiger partial charge in [-0.3, -0.25) is 4.98 Å². The van der Waals surface area contributed by atoms with Gasteiger partial charge in [-0.05, 0) is 35.9 Å². The third kappa shape index (κ3) is 2.73. The van der Waals surface area contributed by atoms with Crippen molar-refractivity contribution in [2.24, 2.45) is 0 Å². The number of hydrogen-bond donors (Lipinski definition) is 0. The molecule has 5 nitrogen and oxygen atoms in total. The maximum Gasteiger partial charge on any atom is 0.177 e. The van der Waals surface area contributed by atoms with E-state index in [1.54, 1.807) is 0 Å². The zero-order chi connectivity index (χ0) is 18.2. The maximum absolute atomic E-state index is 4.79. The molecule has 0 bridgehead atoms. The number of nitrogens with zero attached hydrogens (tertiary/aromatic N) is 5. The van der Waals surface area contributed by atoms with E-state index in [0.29, 0.717) is 0 Å². The Labute approximate surface area is 156 Å². The predicted molar refractivity (Wildman–Crippen MR) is 105 cm³/mol. The molecule has 0 saturated heterocycles. The van der Waals surface area contributed by atoms with Crippen molar-refractivity contribution >= 4 is 16.6 Å². The number of pyridine rings is 1. The van der Waals surface area contributed by atoms with E-state index in [1.165, 1.54) is 0 Å². The molecule has 0 amide bonds. The lowest BCUT2D eigenvalue weighted by Gasteiger charge is -2.11. The van der Waals surface area contributed by atoms with Gasteiger partial charge in [-0.25, -0.2) is 0 Å². The molecular formula is C22H17N5. The highest BCUT2D eigenvalue weighted by molar-refractivity contribution is 5.79. The van der Waals surface area contributed by atoms with Crippen LogP contribution in [0.2, 0.25) is 0 Å². The SMILES string of the molecule is C[C@@H](c1ccc2ncccc2c1)c1nnc2ccc(-c3ccccc3)nn12. The van der Waals surface area contributed by atoms with Gasteiger partial charge in [0.2, 0.25) is 0 Å². The van der Waals surface area contributed by atoms with E-state index >= 15 is 0 Å². The van der Waals surface area contributed by atoms with Gasteiger partial charge in [-0.2, -0.15) is 9.61 Å². The Morgan fingerprint density at radius 1 is 0.852 bits per heavy atom. The third-order valence-electron chi connectivity index (χ3n) is 4.87. The van der Waals surface area contributed by atoms with Crippen molar-refractivity contribution < 1.29 is 0 Å². The molecule has 3 aromatic heterocycles. The number of fused-ring (bicyclic) bond motifs is 2. The average Bonchev–Trinajstić information content (AvgIpc) is 3.16. The second-order valence-corrected chi connectivity index (χ2v) is 6.59. The van der Waals surface area contributed by atoms with Crippen molar-refractivity contribution in [2.75, 3.05) is 0 Å². The molecule has 0 fully saturated rings. The zero-order valence-corrected chi connectivity index (χ0v) is 14.8. The van der Waals surface area contributed by atoms with Crippen LogP contribution < -0.4 is 0 Å². The monoisotopic (exact) mass is 351 g/mol. The fourth-order valence-corrected chi connectivity index (χ4v) is 3.35. The largest absolute Gasteiger partial charge is 0.256 e. The van der Waals surface area contributed by atoms with E-state index in [1.807, 2.05) is 53.2 Å². The van der Waals surface area contributed by atoms with Gasteiger partial charge in [0.25, 0.3) is 0 Å². The number of hydrogen-bond acceptors (Lipinski definition) is 4. The molecule has 130 valence electrons. The Morgan fingerprint density at radius 2 is 1.74 bits per heavy atom. The standard InChI is InChI=1S/C22H17N5/c1-15(17-9-10-19-18(14-17)8-5-13-23-19)22-25-24-21-12-11-20(26-27(21)22)16-6-3-2-4-7-16/h2-15H,1H3/t15-/m0/s1. The van der Waals surface area contributed by atoms with Crippen molar-refractivity contribution in [3.8, 4) is 11.3 Å². The van der Waals surface area contributed by atoms with Crippen LogP contribution in [0.1, 0.15) is 24.2 Å². The molecule has 27 heavy (non-hydrogen) atoms. The summed E-state index contributed by atoms with van der Waals surface area (Å²) in [5.41, 5.74) is 4.88. The summed E-state index contributed by atoms with van der Waals surface area (Å²) in [6.07, 6.45) is 1.81.